The molecule has 4 aromatic heterocycles. The van der Waals surface area contributed by atoms with Gasteiger partial charge in [0.05, 0.1) is 19.5 Å². The number of aliphatic hydroxyl groups excluding tert-OH is 6. The van der Waals surface area contributed by atoms with Crippen LogP contribution in [0.5, 0.6) is 0 Å². The molecule has 2 aliphatic rings. The molecule has 2 aliphatic heterocycles. The molecule has 0 saturated carbocycles. The van der Waals surface area contributed by atoms with Crippen molar-refractivity contribution in [3.63, 3.8) is 0 Å². The van der Waals surface area contributed by atoms with Crippen LogP contribution in [0.2, 0.25) is 0 Å². The fraction of sp³-hybridized carbons (Fsp3) is 0.500. The lowest BCUT2D eigenvalue weighted by molar-refractivity contribution is -0.103. The lowest BCUT2D eigenvalue weighted by Gasteiger charge is -2.20. The van der Waals surface area contributed by atoms with Crippen molar-refractivity contribution in [3.8, 4) is 11.8 Å². The minimum absolute atomic E-state index is 0.0492. The highest BCUT2D eigenvalue weighted by Gasteiger charge is 2.47. The van der Waals surface area contributed by atoms with Gasteiger partial charge in [-0.1, -0.05) is 5.92 Å². The lowest BCUT2D eigenvalue weighted by Crippen LogP contribution is -2.41. The number of anilines is 2. The molecule has 0 spiro atoms. The maximum Gasteiger partial charge on any atom is 0.190 e. The molecule has 6 rings (SSSR count). The Bertz CT molecular complexity index is 1690. The van der Waals surface area contributed by atoms with Crippen LogP contribution in [0.1, 0.15) is 18.3 Å². The second-order valence-corrected chi connectivity index (χ2v) is 9.91. The summed E-state index contributed by atoms with van der Waals surface area (Å²) in [5.41, 5.74) is 12.7. The number of nitrogens with zero attached hydrogens (tertiary/aromatic N) is 8. The third-order valence-corrected chi connectivity index (χ3v) is 7.26. The Morgan fingerprint density at radius 3 is 2.30 bits per heavy atom. The molecule has 2 fully saturated rings. The molecule has 0 aromatic carbocycles. The minimum atomic E-state index is -1.46. The van der Waals surface area contributed by atoms with Crippen LogP contribution in [-0.2, 0) is 14.2 Å². The molecule has 9 atom stereocenters. The van der Waals surface area contributed by atoms with Gasteiger partial charge < -0.3 is 56.3 Å². The van der Waals surface area contributed by atoms with Crippen LogP contribution >= 0.6 is 0 Å². The van der Waals surface area contributed by atoms with Gasteiger partial charge in [-0.15, -0.1) is 0 Å². The molecular formula is C24H28N10O9. The second kappa shape index (κ2) is 11.5. The predicted octanol–water partition coefficient (Wildman–Crippen LogP) is -4.21. The number of rotatable bonds is 7. The van der Waals surface area contributed by atoms with Gasteiger partial charge in [0.1, 0.15) is 67.5 Å². The number of hydrogen-bond acceptors (Lipinski definition) is 17. The van der Waals surface area contributed by atoms with Gasteiger partial charge in [0.2, 0.25) is 0 Å². The van der Waals surface area contributed by atoms with Crippen LogP contribution in [0.3, 0.4) is 0 Å². The summed E-state index contributed by atoms with van der Waals surface area (Å²) in [5.74, 6) is 5.73. The molecule has 4 aromatic rings. The molecule has 228 valence electrons. The molecule has 2 saturated heterocycles. The standard InChI is InChI=1S/C24H28N10O9/c25-19-12-21(29-6-27-19)33(8-31-12)23-17(40)15(38)18(43-23)9(36)5-41-3-1-2-11-32-13-20(26)28-7-30-22(13)34(11)24-16(39)14(37)10(4-35)42-24/h6-10,14-18,23-24,35-40H,3-5H2,(H2,25,27,29)(H2,26,28,30)/t9?,10-,14-,15+,16-,17-,18-,23-,24-/m1/s1. The summed E-state index contributed by atoms with van der Waals surface area (Å²) >= 11 is 0. The number of aliphatic hydroxyl groups is 6. The molecule has 6 heterocycles. The largest absolute Gasteiger partial charge is 0.394 e. The number of ether oxygens (including phenoxy) is 3. The average molecular weight is 601 g/mol. The first kappa shape index (κ1) is 29.0. The van der Waals surface area contributed by atoms with E-state index in [0.29, 0.717) is 5.52 Å². The van der Waals surface area contributed by atoms with Gasteiger partial charge in [-0.05, 0) is 5.92 Å². The van der Waals surface area contributed by atoms with E-state index in [0.717, 1.165) is 0 Å². The monoisotopic (exact) mass is 600 g/mol. The van der Waals surface area contributed by atoms with Crippen molar-refractivity contribution in [2.75, 3.05) is 31.3 Å². The van der Waals surface area contributed by atoms with Crippen LogP contribution in [0, 0.1) is 11.8 Å². The molecule has 19 nitrogen and oxygen atoms in total. The van der Waals surface area contributed by atoms with E-state index in [9.17, 15) is 30.6 Å². The number of fused-ring (bicyclic) bond motifs is 2. The maximum absolute atomic E-state index is 10.7. The van der Waals surface area contributed by atoms with Crippen LogP contribution in [0.4, 0.5) is 11.6 Å². The van der Waals surface area contributed by atoms with Gasteiger partial charge in [-0.3, -0.25) is 9.13 Å². The number of aromatic nitrogens is 8. The number of nitrogens with two attached hydrogens (primary N) is 2. The van der Waals surface area contributed by atoms with Crippen LogP contribution in [-0.4, -0.2) is 132 Å². The zero-order valence-electron chi connectivity index (χ0n) is 22.2. The Kier molecular flexibility index (Phi) is 7.77. The predicted molar refractivity (Wildman–Crippen MR) is 142 cm³/mol. The van der Waals surface area contributed by atoms with E-state index in [-0.39, 0.29) is 47.5 Å². The maximum atomic E-state index is 10.7. The Balaban J connectivity index is 1.13. The third kappa shape index (κ3) is 4.99. The van der Waals surface area contributed by atoms with Crippen molar-refractivity contribution in [2.45, 2.75) is 55.2 Å². The average Bonchev–Trinajstić information content (AvgIpc) is 3.73. The quantitative estimate of drug-likeness (QED) is 0.0736. The molecule has 10 N–H and O–H groups in total. The summed E-state index contributed by atoms with van der Waals surface area (Å²) in [7, 11) is 0. The molecule has 0 amide bonds. The van der Waals surface area contributed by atoms with E-state index in [4.69, 9.17) is 25.7 Å². The van der Waals surface area contributed by atoms with E-state index in [2.05, 4.69) is 41.7 Å². The number of nitrogen functional groups attached to an aromatic ring is 2. The van der Waals surface area contributed by atoms with Crippen molar-refractivity contribution in [3.05, 3.63) is 24.8 Å². The number of hydrogen-bond donors (Lipinski definition) is 8. The van der Waals surface area contributed by atoms with Crippen LogP contribution < -0.4 is 11.5 Å². The molecule has 0 bridgehead atoms. The van der Waals surface area contributed by atoms with Crippen LogP contribution in [0.25, 0.3) is 22.3 Å². The van der Waals surface area contributed by atoms with E-state index < -0.39 is 61.8 Å². The third-order valence-electron chi connectivity index (χ3n) is 7.26. The minimum Gasteiger partial charge on any atom is -0.394 e. The zero-order valence-corrected chi connectivity index (χ0v) is 22.2. The molecule has 19 heteroatoms. The molecule has 1 unspecified atom stereocenters. The van der Waals surface area contributed by atoms with Crippen molar-refractivity contribution in [1.29, 1.82) is 0 Å². The van der Waals surface area contributed by atoms with Gasteiger partial charge in [0, 0.05) is 0 Å². The van der Waals surface area contributed by atoms with Crippen molar-refractivity contribution >= 4 is 34.0 Å². The molecule has 43 heavy (non-hydrogen) atoms. The van der Waals surface area contributed by atoms with E-state index in [1.807, 2.05) is 0 Å². The highest BCUT2D eigenvalue weighted by atomic mass is 16.6. The lowest BCUT2D eigenvalue weighted by atomic mass is 10.1. The summed E-state index contributed by atoms with van der Waals surface area (Å²) in [6.45, 7) is -1.07. The van der Waals surface area contributed by atoms with Gasteiger partial charge >= 0.3 is 0 Å². The number of imidazole rings is 2. The highest BCUT2D eigenvalue weighted by Crippen LogP contribution is 2.34. The first-order chi connectivity index (χ1) is 20.7. The van der Waals surface area contributed by atoms with E-state index >= 15 is 0 Å². The van der Waals surface area contributed by atoms with Gasteiger partial charge in [0.15, 0.2) is 46.7 Å². The smallest absolute Gasteiger partial charge is 0.190 e. The van der Waals surface area contributed by atoms with Gasteiger partial charge in [-0.2, -0.15) is 0 Å². The van der Waals surface area contributed by atoms with Crippen molar-refractivity contribution < 1.29 is 44.8 Å². The van der Waals surface area contributed by atoms with Gasteiger partial charge in [0.25, 0.3) is 0 Å². The van der Waals surface area contributed by atoms with Crippen molar-refractivity contribution in [2.24, 2.45) is 0 Å². The fourth-order valence-electron chi connectivity index (χ4n) is 5.08. The Labute approximate surface area is 241 Å². The van der Waals surface area contributed by atoms with Crippen molar-refractivity contribution in [1.82, 2.24) is 39.0 Å². The first-order valence-corrected chi connectivity index (χ1v) is 13.0. The summed E-state index contributed by atoms with van der Waals surface area (Å²) in [6, 6.07) is 0. The fourth-order valence-corrected chi connectivity index (χ4v) is 5.08. The van der Waals surface area contributed by atoms with E-state index in [1.54, 1.807) is 0 Å². The summed E-state index contributed by atoms with van der Waals surface area (Å²) < 4.78 is 19.6. The van der Waals surface area contributed by atoms with Gasteiger partial charge in [-0.25, -0.2) is 29.9 Å². The SMILES string of the molecule is Nc1ncnc2c1ncn2[C@@H]1O[C@H](C(O)COCC#Cc2nc3c(N)ncnc3n2[C@@H]2O[C@H](CO)[C@@H](O)[C@H]2O)[C@@H](O)[C@H]1O. The summed E-state index contributed by atoms with van der Waals surface area (Å²) in [5, 5.41) is 62.1. The highest BCUT2D eigenvalue weighted by molar-refractivity contribution is 5.82. The first-order valence-electron chi connectivity index (χ1n) is 13.0. The van der Waals surface area contributed by atoms with E-state index in [1.165, 1.54) is 28.1 Å². The van der Waals surface area contributed by atoms with Crippen LogP contribution in [0.15, 0.2) is 19.0 Å². The summed E-state index contributed by atoms with van der Waals surface area (Å²) in [6.07, 6.45) is -7.86. The topological polar surface area (TPSA) is 288 Å². The Morgan fingerprint density at radius 2 is 1.58 bits per heavy atom. The molecule has 0 radical (unpaired) electrons. The Hall–Kier alpha value is -4.10. The molecule has 0 aliphatic carbocycles. The second-order valence-electron chi connectivity index (χ2n) is 9.91. The summed E-state index contributed by atoms with van der Waals surface area (Å²) in [4.78, 5) is 24.5. The Morgan fingerprint density at radius 1 is 0.884 bits per heavy atom. The normalized spacial score (nSPS) is 29.7. The zero-order chi connectivity index (χ0) is 30.4. The molecular weight excluding hydrogens is 572 g/mol.